The molecule has 2 fully saturated rings. The highest BCUT2D eigenvalue weighted by Gasteiger charge is 2.33. The minimum atomic E-state index is -0.311. The van der Waals surface area contributed by atoms with E-state index in [1.165, 1.54) is 5.69 Å². The Labute approximate surface area is 231 Å². The minimum Gasteiger partial charge on any atom is -0.461 e. The monoisotopic (exact) mass is 536 g/mol. The lowest BCUT2D eigenvalue weighted by Gasteiger charge is -2.32. The van der Waals surface area contributed by atoms with E-state index >= 15 is 0 Å². The van der Waals surface area contributed by atoms with Gasteiger partial charge < -0.3 is 30.0 Å². The molecule has 0 amide bonds. The Morgan fingerprint density at radius 2 is 1.92 bits per heavy atom. The fourth-order valence-corrected chi connectivity index (χ4v) is 6.10. The largest absolute Gasteiger partial charge is 0.461 e. The summed E-state index contributed by atoms with van der Waals surface area (Å²) < 4.78 is 11.4. The van der Waals surface area contributed by atoms with Gasteiger partial charge >= 0.3 is 5.97 Å². The molecule has 8 heteroatoms. The molecule has 1 aliphatic carbocycles. The molecule has 3 N–H and O–H groups in total. The molecule has 0 bridgehead atoms. The number of benzene rings is 1. The second kappa shape index (κ2) is 12.6. The molecule has 1 aromatic heterocycles. The number of fused-ring (bicyclic) bond motifs is 1. The van der Waals surface area contributed by atoms with Gasteiger partial charge in [-0.1, -0.05) is 19.9 Å². The number of hydrogen-bond acceptors (Lipinski definition) is 7. The van der Waals surface area contributed by atoms with Crippen LogP contribution in [0.3, 0.4) is 0 Å². The van der Waals surface area contributed by atoms with Gasteiger partial charge in [0.15, 0.2) is 0 Å². The fourth-order valence-electron chi connectivity index (χ4n) is 6.10. The second-order valence-electron chi connectivity index (χ2n) is 12.0. The SMILES string of the molecule is Cc1cc(C2Nc3cc(CNC(CC(C)C)C(=O)OC4CCCC4)ccc3N2CC2CCOCC2)c[nH]c1=O. The quantitative estimate of drug-likeness (QED) is 0.367. The van der Waals surface area contributed by atoms with Gasteiger partial charge in [-0.2, -0.15) is 0 Å². The van der Waals surface area contributed by atoms with Crippen molar-refractivity contribution in [2.24, 2.45) is 11.8 Å². The Hall–Kier alpha value is -2.84. The first-order valence-electron chi connectivity index (χ1n) is 14.7. The number of hydrogen-bond donors (Lipinski definition) is 3. The van der Waals surface area contributed by atoms with Gasteiger partial charge in [0.1, 0.15) is 18.3 Å². The fraction of sp³-hybridized carbons (Fsp3) is 0.613. The van der Waals surface area contributed by atoms with E-state index in [-0.39, 0.29) is 29.8 Å². The number of ether oxygens (including phenoxy) is 2. The molecule has 8 nitrogen and oxygen atoms in total. The molecule has 2 unspecified atom stereocenters. The Morgan fingerprint density at radius 1 is 1.15 bits per heavy atom. The van der Waals surface area contributed by atoms with Gasteiger partial charge in [0, 0.05) is 43.6 Å². The maximum atomic E-state index is 13.0. The summed E-state index contributed by atoms with van der Waals surface area (Å²) in [6.45, 7) is 9.27. The predicted molar refractivity (Wildman–Crippen MR) is 154 cm³/mol. The van der Waals surface area contributed by atoms with Crippen LogP contribution in [0.2, 0.25) is 0 Å². The highest BCUT2D eigenvalue weighted by molar-refractivity contribution is 5.78. The van der Waals surface area contributed by atoms with Crippen molar-refractivity contribution in [3.8, 4) is 0 Å². The van der Waals surface area contributed by atoms with Gasteiger partial charge in [-0.3, -0.25) is 9.59 Å². The number of rotatable bonds is 10. The van der Waals surface area contributed by atoms with Crippen molar-refractivity contribution in [2.75, 3.05) is 30.0 Å². The van der Waals surface area contributed by atoms with Crippen molar-refractivity contribution in [3.63, 3.8) is 0 Å². The van der Waals surface area contributed by atoms with Crippen LogP contribution in [0.4, 0.5) is 11.4 Å². The molecule has 2 atom stereocenters. The maximum absolute atomic E-state index is 13.0. The van der Waals surface area contributed by atoms with Gasteiger partial charge in [-0.05, 0) is 87.5 Å². The van der Waals surface area contributed by atoms with Gasteiger partial charge in [0.2, 0.25) is 0 Å². The maximum Gasteiger partial charge on any atom is 0.323 e. The lowest BCUT2D eigenvalue weighted by Crippen LogP contribution is -2.40. The van der Waals surface area contributed by atoms with Gasteiger partial charge in [0.25, 0.3) is 5.56 Å². The van der Waals surface area contributed by atoms with Crippen molar-refractivity contribution in [1.82, 2.24) is 10.3 Å². The second-order valence-corrected chi connectivity index (χ2v) is 12.0. The summed E-state index contributed by atoms with van der Waals surface area (Å²) in [4.78, 5) is 30.4. The number of carbonyl (C=O) groups excluding carboxylic acids is 1. The van der Waals surface area contributed by atoms with E-state index in [1.54, 1.807) is 0 Å². The van der Waals surface area contributed by atoms with E-state index in [2.05, 4.69) is 52.6 Å². The van der Waals surface area contributed by atoms with E-state index in [0.29, 0.717) is 23.9 Å². The summed E-state index contributed by atoms with van der Waals surface area (Å²) in [6.07, 6.45) is 8.96. The van der Waals surface area contributed by atoms with Crippen LogP contribution in [0, 0.1) is 18.8 Å². The van der Waals surface area contributed by atoms with Crippen LogP contribution in [0.25, 0.3) is 0 Å². The van der Waals surface area contributed by atoms with E-state index in [0.717, 1.165) is 81.5 Å². The predicted octanol–water partition coefficient (Wildman–Crippen LogP) is 5.03. The van der Waals surface area contributed by atoms with E-state index in [4.69, 9.17) is 9.47 Å². The molecular weight excluding hydrogens is 492 g/mol. The normalized spacial score (nSPS) is 20.7. The molecule has 1 saturated heterocycles. The van der Waals surface area contributed by atoms with E-state index in [9.17, 15) is 9.59 Å². The third-order valence-electron chi connectivity index (χ3n) is 8.33. The number of aryl methyl sites for hydroxylation is 1. The van der Waals surface area contributed by atoms with Gasteiger partial charge in [-0.25, -0.2) is 0 Å². The summed E-state index contributed by atoms with van der Waals surface area (Å²) in [5, 5.41) is 7.22. The first-order chi connectivity index (χ1) is 18.9. The Kier molecular flexibility index (Phi) is 8.92. The van der Waals surface area contributed by atoms with Crippen molar-refractivity contribution in [2.45, 2.75) is 90.6 Å². The average Bonchev–Trinajstić information content (AvgIpc) is 3.56. The van der Waals surface area contributed by atoms with Crippen LogP contribution in [-0.4, -0.2) is 42.9 Å². The molecule has 2 aliphatic heterocycles. The third kappa shape index (κ3) is 6.84. The molecule has 2 aromatic rings. The number of pyridine rings is 1. The number of nitrogens with one attached hydrogen (secondary N) is 3. The van der Waals surface area contributed by atoms with Crippen LogP contribution in [0.5, 0.6) is 0 Å². The summed E-state index contributed by atoms with van der Waals surface area (Å²) in [6, 6.07) is 8.19. The highest BCUT2D eigenvalue weighted by atomic mass is 16.5. The number of H-pyrrole nitrogens is 1. The lowest BCUT2D eigenvalue weighted by molar-refractivity contribution is -0.151. The zero-order valence-corrected chi connectivity index (χ0v) is 23.6. The van der Waals surface area contributed by atoms with Crippen molar-refractivity contribution in [3.05, 3.63) is 57.5 Å². The van der Waals surface area contributed by atoms with Crippen LogP contribution < -0.4 is 21.1 Å². The smallest absolute Gasteiger partial charge is 0.323 e. The molecule has 5 rings (SSSR count). The van der Waals surface area contributed by atoms with Crippen molar-refractivity contribution >= 4 is 17.3 Å². The first kappa shape index (κ1) is 27.7. The third-order valence-corrected chi connectivity index (χ3v) is 8.33. The van der Waals surface area contributed by atoms with Crippen LogP contribution in [0.1, 0.15) is 81.6 Å². The molecular formula is C31H44N4O4. The molecule has 212 valence electrons. The van der Waals surface area contributed by atoms with E-state index in [1.807, 2.05) is 19.2 Å². The summed E-state index contributed by atoms with van der Waals surface area (Å²) >= 11 is 0. The summed E-state index contributed by atoms with van der Waals surface area (Å²) in [5.41, 5.74) is 5.06. The zero-order chi connectivity index (χ0) is 27.4. The standard InChI is InChI=1S/C31H44N4O4/c1-20(2)14-27(31(37)39-25-6-4-5-7-25)32-17-23-8-9-28-26(16-23)34-29(24-15-21(3)30(36)33-18-24)35(28)19-22-10-12-38-13-11-22/h8-9,15-16,18,20,22,25,27,29,32,34H,4-7,10-14,17,19H2,1-3H3,(H,33,36). The van der Waals surface area contributed by atoms with Gasteiger partial charge in [0.05, 0.1) is 11.4 Å². The molecule has 3 heterocycles. The van der Waals surface area contributed by atoms with Crippen LogP contribution in [0.15, 0.2) is 35.3 Å². The van der Waals surface area contributed by atoms with Crippen LogP contribution in [-0.2, 0) is 20.8 Å². The Bertz CT molecular complexity index is 1180. The van der Waals surface area contributed by atoms with Crippen molar-refractivity contribution in [1.29, 1.82) is 0 Å². The molecule has 0 spiro atoms. The molecule has 1 saturated carbocycles. The molecule has 3 aliphatic rings. The molecule has 0 radical (unpaired) electrons. The van der Waals surface area contributed by atoms with Crippen LogP contribution >= 0.6 is 0 Å². The average molecular weight is 537 g/mol. The zero-order valence-electron chi connectivity index (χ0n) is 23.6. The number of carbonyl (C=O) groups is 1. The number of aromatic amines is 1. The Morgan fingerprint density at radius 3 is 2.64 bits per heavy atom. The van der Waals surface area contributed by atoms with Crippen molar-refractivity contribution < 1.29 is 14.3 Å². The number of aromatic nitrogens is 1. The van der Waals surface area contributed by atoms with E-state index < -0.39 is 0 Å². The molecule has 39 heavy (non-hydrogen) atoms. The number of esters is 1. The summed E-state index contributed by atoms with van der Waals surface area (Å²) in [7, 11) is 0. The summed E-state index contributed by atoms with van der Waals surface area (Å²) in [5.74, 6) is 0.827. The number of anilines is 2. The highest BCUT2D eigenvalue weighted by Crippen LogP contribution is 2.42. The number of nitrogens with zero attached hydrogens (tertiary/aromatic N) is 1. The van der Waals surface area contributed by atoms with Gasteiger partial charge in [-0.15, -0.1) is 0 Å². The lowest BCUT2D eigenvalue weighted by atomic mass is 9.98. The first-order valence-corrected chi connectivity index (χ1v) is 14.7. The topological polar surface area (TPSA) is 95.7 Å². The molecule has 1 aromatic carbocycles. The minimum absolute atomic E-state index is 0.0546. The Balaban J connectivity index is 1.32.